The highest BCUT2D eigenvalue weighted by Crippen LogP contribution is 2.24. The van der Waals surface area contributed by atoms with E-state index in [-0.39, 0.29) is 12.5 Å². The number of primary amides is 1. The van der Waals surface area contributed by atoms with Crippen LogP contribution in [-0.4, -0.2) is 41.6 Å². The maximum atomic E-state index is 11.9. The fourth-order valence-corrected chi connectivity index (χ4v) is 3.83. The molecule has 0 aliphatic heterocycles. The van der Waals surface area contributed by atoms with Crippen LogP contribution in [-0.2, 0) is 4.79 Å². The summed E-state index contributed by atoms with van der Waals surface area (Å²) in [5, 5.41) is 8.98. The maximum Gasteiger partial charge on any atom is 0.319 e. The lowest BCUT2D eigenvalue weighted by molar-refractivity contribution is -0.137. The van der Waals surface area contributed by atoms with Gasteiger partial charge in [0.25, 0.3) is 0 Å². The molecule has 2 aromatic rings. The number of urea groups is 1. The summed E-state index contributed by atoms with van der Waals surface area (Å²) in [7, 11) is 0. The van der Waals surface area contributed by atoms with Crippen LogP contribution in [0.3, 0.4) is 0 Å². The molecule has 0 radical (unpaired) electrons. The Kier molecular flexibility index (Phi) is 9.81. The SMILES string of the molecule is C[C@@H](c1ccc(Br)cc1)N(CCCC(=O)O)CCCN(C(N)=O)c1ccc(Br)cc1. The fourth-order valence-electron chi connectivity index (χ4n) is 3.30. The number of hydrogen-bond donors (Lipinski definition) is 2. The van der Waals surface area contributed by atoms with Crippen LogP contribution in [0.1, 0.15) is 37.8 Å². The number of carbonyl (C=O) groups is 2. The number of nitrogens with two attached hydrogens (primary N) is 1. The summed E-state index contributed by atoms with van der Waals surface area (Å²) in [5.74, 6) is -0.790. The highest BCUT2D eigenvalue weighted by atomic mass is 79.9. The van der Waals surface area contributed by atoms with Crippen molar-refractivity contribution in [1.29, 1.82) is 0 Å². The minimum Gasteiger partial charge on any atom is -0.481 e. The van der Waals surface area contributed by atoms with Crippen LogP contribution in [0.5, 0.6) is 0 Å². The monoisotopic (exact) mass is 539 g/mol. The smallest absolute Gasteiger partial charge is 0.319 e. The molecule has 0 aliphatic carbocycles. The van der Waals surface area contributed by atoms with Gasteiger partial charge in [-0.15, -0.1) is 0 Å². The topological polar surface area (TPSA) is 86.9 Å². The number of anilines is 1. The van der Waals surface area contributed by atoms with Crippen LogP contribution >= 0.6 is 31.9 Å². The van der Waals surface area contributed by atoms with Gasteiger partial charge in [-0.3, -0.25) is 14.6 Å². The van der Waals surface area contributed by atoms with E-state index in [0.717, 1.165) is 26.7 Å². The molecular weight excluding hydrogens is 514 g/mol. The molecule has 0 aromatic heterocycles. The number of aliphatic carboxylic acids is 1. The zero-order chi connectivity index (χ0) is 22.1. The van der Waals surface area contributed by atoms with E-state index in [2.05, 4.69) is 55.8 Å². The molecule has 3 N–H and O–H groups in total. The van der Waals surface area contributed by atoms with E-state index in [0.29, 0.717) is 25.9 Å². The number of halogens is 2. The van der Waals surface area contributed by atoms with Crippen molar-refractivity contribution in [3.8, 4) is 0 Å². The molecule has 0 fully saturated rings. The lowest BCUT2D eigenvalue weighted by Crippen LogP contribution is -2.38. The molecule has 6 nitrogen and oxygen atoms in total. The van der Waals surface area contributed by atoms with Gasteiger partial charge in [-0.2, -0.15) is 0 Å². The van der Waals surface area contributed by atoms with Crippen molar-refractivity contribution >= 4 is 49.5 Å². The van der Waals surface area contributed by atoms with Crippen LogP contribution in [0.4, 0.5) is 10.5 Å². The van der Waals surface area contributed by atoms with Gasteiger partial charge in [0.1, 0.15) is 0 Å². The van der Waals surface area contributed by atoms with Gasteiger partial charge in [0.2, 0.25) is 0 Å². The molecule has 0 saturated carbocycles. The molecule has 0 saturated heterocycles. The molecule has 0 bridgehead atoms. The maximum absolute atomic E-state index is 11.9. The zero-order valence-corrected chi connectivity index (χ0v) is 20.1. The molecule has 0 spiro atoms. The van der Waals surface area contributed by atoms with E-state index in [1.807, 2.05) is 36.4 Å². The Labute approximate surface area is 194 Å². The third-order valence-corrected chi connectivity index (χ3v) is 6.02. The zero-order valence-electron chi connectivity index (χ0n) is 16.9. The number of carboxylic acids is 1. The number of hydrogen-bond acceptors (Lipinski definition) is 3. The first-order valence-electron chi connectivity index (χ1n) is 9.81. The Morgan fingerprint density at radius 1 is 0.933 bits per heavy atom. The molecule has 2 aromatic carbocycles. The van der Waals surface area contributed by atoms with E-state index in [4.69, 9.17) is 10.8 Å². The number of nitrogens with zero attached hydrogens (tertiary/aromatic N) is 2. The summed E-state index contributed by atoms with van der Waals surface area (Å²) in [6.07, 6.45) is 1.42. The Hall–Kier alpha value is -1.90. The minimum atomic E-state index is -0.790. The highest BCUT2D eigenvalue weighted by Gasteiger charge is 2.18. The van der Waals surface area contributed by atoms with Gasteiger partial charge in [0, 0.05) is 40.2 Å². The molecule has 2 rings (SSSR count). The summed E-state index contributed by atoms with van der Waals surface area (Å²) < 4.78 is 1.95. The molecular formula is C22H27Br2N3O3. The second-order valence-electron chi connectivity index (χ2n) is 7.08. The number of rotatable bonds is 11. The normalized spacial score (nSPS) is 12.0. The number of carbonyl (C=O) groups excluding carboxylic acids is 1. The Morgan fingerprint density at radius 2 is 1.47 bits per heavy atom. The summed E-state index contributed by atoms with van der Waals surface area (Å²) in [5.41, 5.74) is 7.51. The van der Waals surface area contributed by atoms with Crippen LogP contribution < -0.4 is 10.6 Å². The number of carboxylic acid groups (broad SMARTS) is 1. The lowest BCUT2D eigenvalue weighted by Gasteiger charge is -2.30. The fraction of sp³-hybridized carbons (Fsp3) is 0.364. The van der Waals surface area contributed by atoms with E-state index < -0.39 is 12.0 Å². The predicted octanol–water partition coefficient (Wildman–Crippen LogP) is 5.41. The molecule has 0 unspecified atom stereocenters. The van der Waals surface area contributed by atoms with Crippen molar-refractivity contribution in [3.63, 3.8) is 0 Å². The van der Waals surface area contributed by atoms with Gasteiger partial charge in [0.15, 0.2) is 0 Å². The Morgan fingerprint density at radius 3 is 2.00 bits per heavy atom. The second kappa shape index (κ2) is 12.1. The van der Waals surface area contributed by atoms with Crippen LogP contribution in [0.2, 0.25) is 0 Å². The van der Waals surface area contributed by atoms with Crippen LogP contribution in [0.15, 0.2) is 57.5 Å². The first-order chi connectivity index (χ1) is 14.3. The summed E-state index contributed by atoms with van der Waals surface area (Å²) in [6, 6.07) is 15.2. The van der Waals surface area contributed by atoms with Crippen molar-refractivity contribution in [3.05, 3.63) is 63.0 Å². The predicted molar refractivity (Wildman–Crippen MR) is 127 cm³/mol. The van der Waals surface area contributed by atoms with Gasteiger partial charge in [-0.05, 0) is 68.3 Å². The second-order valence-corrected chi connectivity index (χ2v) is 8.91. The molecule has 1 atom stereocenters. The Balaban J connectivity index is 2.04. The van der Waals surface area contributed by atoms with Crippen molar-refractivity contribution in [2.45, 2.75) is 32.2 Å². The van der Waals surface area contributed by atoms with Crippen LogP contribution in [0.25, 0.3) is 0 Å². The van der Waals surface area contributed by atoms with Crippen molar-refractivity contribution in [2.24, 2.45) is 5.73 Å². The number of amides is 2. The average molecular weight is 541 g/mol. The summed E-state index contributed by atoms with van der Waals surface area (Å²) in [4.78, 5) is 26.7. The van der Waals surface area contributed by atoms with Gasteiger partial charge < -0.3 is 10.8 Å². The lowest BCUT2D eigenvalue weighted by atomic mass is 10.1. The van der Waals surface area contributed by atoms with Crippen molar-refractivity contribution < 1.29 is 14.7 Å². The quantitative estimate of drug-likeness (QED) is 0.398. The van der Waals surface area contributed by atoms with E-state index >= 15 is 0 Å². The number of benzene rings is 2. The molecule has 0 heterocycles. The summed E-state index contributed by atoms with van der Waals surface area (Å²) in [6.45, 7) is 3.99. The van der Waals surface area contributed by atoms with E-state index in [1.54, 1.807) is 4.90 Å². The first kappa shape index (κ1) is 24.4. The molecule has 8 heteroatoms. The molecule has 162 valence electrons. The first-order valence-corrected chi connectivity index (χ1v) is 11.4. The molecule has 30 heavy (non-hydrogen) atoms. The third kappa shape index (κ3) is 7.74. The van der Waals surface area contributed by atoms with Crippen LogP contribution in [0, 0.1) is 0 Å². The van der Waals surface area contributed by atoms with Gasteiger partial charge >= 0.3 is 12.0 Å². The molecule has 2 amide bonds. The van der Waals surface area contributed by atoms with E-state index in [9.17, 15) is 9.59 Å². The third-order valence-electron chi connectivity index (χ3n) is 4.97. The summed E-state index contributed by atoms with van der Waals surface area (Å²) >= 11 is 6.85. The van der Waals surface area contributed by atoms with Crippen molar-refractivity contribution in [2.75, 3.05) is 24.5 Å². The van der Waals surface area contributed by atoms with Gasteiger partial charge in [-0.1, -0.05) is 44.0 Å². The van der Waals surface area contributed by atoms with E-state index in [1.165, 1.54) is 0 Å². The molecule has 0 aliphatic rings. The Bertz CT molecular complexity index is 829. The average Bonchev–Trinajstić information content (AvgIpc) is 2.70. The highest BCUT2D eigenvalue weighted by molar-refractivity contribution is 9.10. The van der Waals surface area contributed by atoms with Crippen molar-refractivity contribution in [1.82, 2.24) is 4.90 Å². The van der Waals surface area contributed by atoms with Gasteiger partial charge in [0.05, 0.1) is 0 Å². The standard InChI is InChI=1S/C22H27Br2N3O3/c1-16(17-5-7-18(23)8-6-17)26(13-2-4-21(28)29)14-3-15-27(22(25)30)20-11-9-19(24)10-12-20/h5-12,16H,2-4,13-15H2,1H3,(H2,25,30)(H,28,29)/t16-/m0/s1. The largest absolute Gasteiger partial charge is 0.481 e. The minimum absolute atomic E-state index is 0.126. The van der Waals surface area contributed by atoms with Gasteiger partial charge in [-0.25, -0.2) is 4.79 Å².